The molecule has 3 rings (SSSR count). The van der Waals surface area contributed by atoms with Crippen molar-refractivity contribution in [3.63, 3.8) is 0 Å². The number of hydrogen-bond acceptors (Lipinski definition) is 6. The molecule has 0 fully saturated rings. The topological polar surface area (TPSA) is 95.6 Å². The van der Waals surface area contributed by atoms with Crippen LogP contribution in [0, 0.1) is 12.8 Å². The van der Waals surface area contributed by atoms with Crippen LogP contribution in [-0.2, 0) is 27.7 Å². The number of benzene rings is 1. The zero-order valence-electron chi connectivity index (χ0n) is 22.4. The second-order valence-electron chi connectivity index (χ2n) is 9.85. The van der Waals surface area contributed by atoms with Crippen molar-refractivity contribution in [2.24, 2.45) is 13.0 Å². The molecule has 3 atom stereocenters. The lowest BCUT2D eigenvalue weighted by Gasteiger charge is -2.21. The number of methoxy groups -OCH3 is 1. The summed E-state index contributed by atoms with van der Waals surface area (Å²) in [5.74, 6) is -0.175. The van der Waals surface area contributed by atoms with Crippen molar-refractivity contribution >= 4 is 17.0 Å². The number of carbonyl (C=O) groups is 1. The van der Waals surface area contributed by atoms with Crippen LogP contribution in [0.15, 0.2) is 35.3 Å². The van der Waals surface area contributed by atoms with E-state index in [2.05, 4.69) is 17.6 Å². The van der Waals surface area contributed by atoms with E-state index in [1.165, 1.54) is 0 Å². The third-order valence-corrected chi connectivity index (χ3v) is 6.55. The standard InChI is InChI=1S/C28H39N3O5/c1-8-22(16-35-7)31-25-12-10-20(9-11-23(19(5)32)28(34)36-17(2)3)14-24(25)29-26(31)21-13-18(4)27(33)30(6)15-21/h10,12-15,17,19,22-23,32H,8-9,11,16H2,1-7H3/t19-,22?,23+/m1/s1. The summed E-state index contributed by atoms with van der Waals surface area (Å²) in [5, 5.41) is 10.2. The molecule has 0 spiro atoms. The van der Waals surface area contributed by atoms with Gasteiger partial charge in [-0.2, -0.15) is 0 Å². The van der Waals surface area contributed by atoms with E-state index < -0.39 is 12.0 Å². The van der Waals surface area contributed by atoms with Crippen molar-refractivity contribution in [2.45, 2.75) is 72.1 Å². The summed E-state index contributed by atoms with van der Waals surface area (Å²) in [6.07, 6.45) is 2.74. The van der Waals surface area contributed by atoms with Gasteiger partial charge in [-0.3, -0.25) is 9.59 Å². The van der Waals surface area contributed by atoms with Gasteiger partial charge in [-0.15, -0.1) is 0 Å². The summed E-state index contributed by atoms with van der Waals surface area (Å²) in [5.41, 5.74) is 4.34. The molecule has 0 bridgehead atoms. The predicted molar refractivity (Wildman–Crippen MR) is 141 cm³/mol. The minimum absolute atomic E-state index is 0.0312. The van der Waals surface area contributed by atoms with Crippen LogP contribution in [0.25, 0.3) is 22.4 Å². The molecule has 1 N–H and O–H groups in total. The average molecular weight is 498 g/mol. The Bertz CT molecular complexity index is 1230. The Morgan fingerprint density at radius 3 is 2.50 bits per heavy atom. The summed E-state index contributed by atoms with van der Waals surface area (Å²) in [4.78, 5) is 29.7. The number of fused-ring (bicyclic) bond motifs is 1. The Labute approximate surface area is 212 Å². The fourth-order valence-corrected chi connectivity index (χ4v) is 4.64. The first-order valence-electron chi connectivity index (χ1n) is 12.6. The van der Waals surface area contributed by atoms with Crippen LogP contribution in [0.2, 0.25) is 0 Å². The first-order chi connectivity index (χ1) is 17.1. The second kappa shape index (κ2) is 11.8. The number of hydrogen-bond donors (Lipinski definition) is 1. The van der Waals surface area contributed by atoms with Gasteiger partial charge in [0.15, 0.2) is 0 Å². The number of aliphatic hydroxyl groups excluding tert-OH is 1. The molecule has 0 aliphatic heterocycles. The van der Waals surface area contributed by atoms with Crippen LogP contribution in [0.4, 0.5) is 0 Å². The number of aromatic nitrogens is 3. The maximum Gasteiger partial charge on any atom is 0.311 e. The number of aryl methyl sites for hydroxylation is 3. The highest BCUT2D eigenvalue weighted by atomic mass is 16.5. The van der Waals surface area contributed by atoms with Gasteiger partial charge in [0.1, 0.15) is 5.82 Å². The minimum Gasteiger partial charge on any atom is -0.463 e. The first-order valence-corrected chi connectivity index (χ1v) is 12.6. The molecule has 1 aromatic carbocycles. The van der Waals surface area contributed by atoms with Crippen molar-refractivity contribution in [2.75, 3.05) is 13.7 Å². The quantitative estimate of drug-likeness (QED) is 0.399. The fraction of sp³-hybridized carbons (Fsp3) is 0.536. The molecule has 0 aliphatic rings. The predicted octanol–water partition coefficient (Wildman–Crippen LogP) is 4.19. The molecule has 8 nitrogen and oxygen atoms in total. The molecular weight excluding hydrogens is 458 g/mol. The molecule has 2 heterocycles. The van der Waals surface area contributed by atoms with E-state index in [9.17, 15) is 14.7 Å². The van der Waals surface area contributed by atoms with Crippen molar-refractivity contribution in [1.82, 2.24) is 14.1 Å². The lowest BCUT2D eigenvalue weighted by atomic mass is 9.95. The number of esters is 1. The Hall–Kier alpha value is -2.97. The van der Waals surface area contributed by atoms with Crippen LogP contribution < -0.4 is 5.56 Å². The van der Waals surface area contributed by atoms with Gasteiger partial charge in [-0.25, -0.2) is 4.98 Å². The van der Waals surface area contributed by atoms with Crippen LogP contribution in [-0.4, -0.2) is 51.1 Å². The number of nitrogens with zero attached hydrogens (tertiary/aromatic N) is 3. The van der Waals surface area contributed by atoms with E-state index in [0.717, 1.165) is 34.4 Å². The van der Waals surface area contributed by atoms with Crippen molar-refractivity contribution in [3.05, 3.63) is 51.9 Å². The molecular formula is C28H39N3O5. The van der Waals surface area contributed by atoms with Gasteiger partial charge < -0.3 is 23.7 Å². The van der Waals surface area contributed by atoms with Gasteiger partial charge in [0.05, 0.1) is 41.8 Å². The number of pyridine rings is 1. The van der Waals surface area contributed by atoms with E-state index in [-0.39, 0.29) is 23.7 Å². The minimum atomic E-state index is -0.793. The SMILES string of the molecule is CCC(COC)n1c(-c2cc(C)c(=O)n(C)c2)nc2cc(CC[C@H](C(=O)OC(C)C)[C@@H](C)O)ccc21. The van der Waals surface area contributed by atoms with E-state index in [0.29, 0.717) is 25.0 Å². The van der Waals surface area contributed by atoms with Crippen LogP contribution in [0.1, 0.15) is 57.7 Å². The molecule has 0 radical (unpaired) electrons. The van der Waals surface area contributed by atoms with E-state index in [4.69, 9.17) is 14.5 Å². The monoisotopic (exact) mass is 497 g/mol. The number of aliphatic hydroxyl groups is 1. The summed E-state index contributed by atoms with van der Waals surface area (Å²) >= 11 is 0. The summed E-state index contributed by atoms with van der Waals surface area (Å²) < 4.78 is 14.6. The maximum atomic E-state index is 12.4. The molecule has 3 aromatic rings. The highest BCUT2D eigenvalue weighted by Gasteiger charge is 2.26. The van der Waals surface area contributed by atoms with Gasteiger partial charge in [0.25, 0.3) is 5.56 Å². The Balaban J connectivity index is 2.03. The van der Waals surface area contributed by atoms with E-state index >= 15 is 0 Å². The van der Waals surface area contributed by atoms with Crippen molar-refractivity contribution in [1.29, 1.82) is 0 Å². The largest absolute Gasteiger partial charge is 0.463 e. The smallest absolute Gasteiger partial charge is 0.311 e. The Morgan fingerprint density at radius 1 is 1.19 bits per heavy atom. The first kappa shape index (κ1) is 27.6. The Morgan fingerprint density at radius 2 is 1.92 bits per heavy atom. The number of imidazole rings is 1. The lowest BCUT2D eigenvalue weighted by Crippen LogP contribution is -2.30. The summed E-state index contributed by atoms with van der Waals surface area (Å²) in [6, 6.07) is 8.09. The normalized spacial score (nSPS) is 14.2. The molecule has 0 saturated heterocycles. The van der Waals surface area contributed by atoms with Gasteiger partial charge in [0, 0.05) is 31.5 Å². The maximum absolute atomic E-state index is 12.4. The van der Waals surface area contributed by atoms with Gasteiger partial charge in [0.2, 0.25) is 0 Å². The van der Waals surface area contributed by atoms with Gasteiger partial charge >= 0.3 is 5.97 Å². The van der Waals surface area contributed by atoms with Gasteiger partial charge in [-0.05, 0) is 70.7 Å². The third kappa shape index (κ3) is 6.05. The lowest BCUT2D eigenvalue weighted by molar-refractivity contribution is -0.156. The zero-order chi connectivity index (χ0) is 26.6. The van der Waals surface area contributed by atoms with E-state index in [1.807, 2.05) is 31.3 Å². The third-order valence-electron chi connectivity index (χ3n) is 6.55. The zero-order valence-corrected chi connectivity index (χ0v) is 22.4. The highest BCUT2D eigenvalue weighted by Crippen LogP contribution is 2.31. The highest BCUT2D eigenvalue weighted by molar-refractivity contribution is 5.81. The van der Waals surface area contributed by atoms with Crippen molar-refractivity contribution in [3.8, 4) is 11.4 Å². The number of rotatable bonds is 11. The van der Waals surface area contributed by atoms with Gasteiger partial charge in [-0.1, -0.05) is 13.0 Å². The van der Waals surface area contributed by atoms with Crippen LogP contribution in [0.3, 0.4) is 0 Å². The van der Waals surface area contributed by atoms with Crippen molar-refractivity contribution < 1.29 is 19.4 Å². The molecule has 8 heteroatoms. The second-order valence-corrected chi connectivity index (χ2v) is 9.85. The molecule has 196 valence electrons. The molecule has 0 amide bonds. The van der Waals surface area contributed by atoms with Crippen LogP contribution in [0.5, 0.6) is 0 Å². The van der Waals surface area contributed by atoms with Crippen LogP contribution >= 0.6 is 0 Å². The summed E-state index contributed by atoms with van der Waals surface area (Å²) in [6.45, 7) is 9.70. The van der Waals surface area contributed by atoms with E-state index in [1.54, 1.807) is 39.5 Å². The molecule has 1 unspecified atom stereocenters. The number of ether oxygens (including phenoxy) is 2. The molecule has 36 heavy (non-hydrogen) atoms. The average Bonchev–Trinajstić information content (AvgIpc) is 3.18. The molecule has 0 saturated carbocycles. The number of carbonyl (C=O) groups excluding carboxylic acids is 1. The fourth-order valence-electron chi connectivity index (χ4n) is 4.64. The Kier molecular flexibility index (Phi) is 9.08. The summed E-state index contributed by atoms with van der Waals surface area (Å²) in [7, 11) is 3.44. The molecule has 2 aromatic heterocycles. The molecule has 0 aliphatic carbocycles.